The Morgan fingerprint density at radius 1 is 1.11 bits per heavy atom. The topological polar surface area (TPSA) is 38.7 Å². The van der Waals surface area contributed by atoms with Gasteiger partial charge in [-0.1, -0.05) is 24.3 Å². The van der Waals surface area contributed by atoms with Crippen molar-refractivity contribution in [1.82, 2.24) is 0 Å². The standard InChI is InChI=1S/C14H21BO3/c1-13(2)14(3,4)18-15(17-13)12-7-5-6-11(10-12)8-9-16/h5-7,10,16H,8-9H2,1-4H3. The van der Waals surface area contributed by atoms with Gasteiger partial charge in [0, 0.05) is 6.61 Å². The maximum Gasteiger partial charge on any atom is 0.494 e. The molecule has 1 aromatic rings. The van der Waals surface area contributed by atoms with Gasteiger partial charge in [-0.3, -0.25) is 0 Å². The van der Waals surface area contributed by atoms with E-state index in [4.69, 9.17) is 14.4 Å². The second-order valence-electron chi connectivity index (χ2n) is 5.81. The van der Waals surface area contributed by atoms with Gasteiger partial charge in [-0.15, -0.1) is 0 Å². The minimum Gasteiger partial charge on any atom is -0.399 e. The zero-order valence-electron chi connectivity index (χ0n) is 11.6. The van der Waals surface area contributed by atoms with Crippen LogP contribution in [0.3, 0.4) is 0 Å². The molecule has 1 aliphatic heterocycles. The SMILES string of the molecule is CC1(C)OB(c2cccc(CCO)c2)OC1(C)C. The first-order chi connectivity index (χ1) is 8.36. The van der Waals surface area contributed by atoms with Crippen LogP contribution in [0, 0.1) is 0 Å². The highest BCUT2D eigenvalue weighted by molar-refractivity contribution is 6.62. The Morgan fingerprint density at radius 2 is 1.72 bits per heavy atom. The van der Waals surface area contributed by atoms with E-state index >= 15 is 0 Å². The molecule has 0 atom stereocenters. The van der Waals surface area contributed by atoms with Gasteiger partial charge in [0.1, 0.15) is 0 Å². The smallest absolute Gasteiger partial charge is 0.399 e. The Balaban J connectivity index is 2.21. The Bertz CT molecular complexity index is 413. The van der Waals surface area contributed by atoms with Crippen molar-refractivity contribution < 1.29 is 14.4 Å². The molecule has 3 nitrogen and oxygen atoms in total. The van der Waals surface area contributed by atoms with Crippen LogP contribution in [0.1, 0.15) is 33.3 Å². The predicted molar refractivity (Wildman–Crippen MR) is 72.9 cm³/mol. The van der Waals surface area contributed by atoms with E-state index < -0.39 is 0 Å². The molecule has 0 bridgehead atoms. The van der Waals surface area contributed by atoms with Crippen molar-refractivity contribution in [2.45, 2.75) is 45.3 Å². The maximum atomic E-state index is 8.98. The average Bonchev–Trinajstić information content (AvgIpc) is 2.49. The number of benzene rings is 1. The zero-order chi connectivity index (χ0) is 13.4. The molecule has 2 rings (SSSR count). The molecule has 1 saturated heterocycles. The summed E-state index contributed by atoms with van der Waals surface area (Å²) in [6.07, 6.45) is 0.660. The van der Waals surface area contributed by atoms with E-state index in [1.807, 2.05) is 52.0 Å². The highest BCUT2D eigenvalue weighted by Crippen LogP contribution is 2.36. The largest absolute Gasteiger partial charge is 0.494 e. The maximum absolute atomic E-state index is 8.98. The lowest BCUT2D eigenvalue weighted by molar-refractivity contribution is 0.00578. The molecule has 18 heavy (non-hydrogen) atoms. The molecule has 4 heteroatoms. The van der Waals surface area contributed by atoms with Crippen molar-refractivity contribution in [2.75, 3.05) is 6.61 Å². The summed E-state index contributed by atoms with van der Waals surface area (Å²) >= 11 is 0. The highest BCUT2D eigenvalue weighted by Gasteiger charge is 2.51. The van der Waals surface area contributed by atoms with E-state index in [2.05, 4.69) is 0 Å². The van der Waals surface area contributed by atoms with Crippen molar-refractivity contribution >= 4 is 12.6 Å². The van der Waals surface area contributed by atoms with Crippen LogP contribution >= 0.6 is 0 Å². The number of aliphatic hydroxyl groups is 1. The molecule has 1 aromatic carbocycles. The normalized spacial score (nSPS) is 21.3. The van der Waals surface area contributed by atoms with Crippen molar-refractivity contribution in [3.8, 4) is 0 Å². The molecule has 98 valence electrons. The minimum absolute atomic E-state index is 0.160. The van der Waals surface area contributed by atoms with E-state index in [9.17, 15) is 0 Å². The van der Waals surface area contributed by atoms with Gasteiger partial charge in [-0.05, 0) is 45.1 Å². The molecular weight excluding hydrogens is 227 g/mol. The lowest BCUT2D eigenvalue weighted by Gasteiger charge is -2.32. The van der Waals surface area contributed by atoms with Gasteiger partial charge in [0.25, 0.3) is 0 Å². The first-order valence-corrected chi connectivity index (χ1v) is 6.41. The second kappa shape index (κ2) is 4.69. The highest BCUT2D eigenvalue weighted by atomic mass is 16.7. The van der Waals surface area contributed by atoms with Gasteiger partial charge in [-0.25, -0.2) is 0 Å². The zero-order valence-corrected chi connectivity index (χ0v) is 11.6. The van der Waals surface area contributed by atoms with E-state index in [0.717, 1.165) is 11.0 Å². The number of hydrogen-bond donors (Lipinski definition) is 1. The summed E-state index contributed by atoms with van der Waals surface area (Å²) in [5.41, 5.74) is 1.49. The fourth-order valence-electron chi connectivity index (χ4n) is 2.00. The number of aliphatic hydroxyl groups excluding tert-OH is 1. The van der Waals surface area contributed by atoms with Crippen LogP contribution in [0.25, 0.3) is 0 Å². The summed E-state index contributed by atoms with van der Waals surface area (Å²) < 4.78 is 12.0. The summed E-state index contributed by atoms with van der Waals surface area (Å²) in [6.45, 7) is 8.34. The fraction of sp³-hybridized carbons (Fsp3) is 0.571. The van der Waals surface area contributed by atoms with Gasteiger partial charge >= 0.3 is 7.12 Å². The molecule has 0 unspecified atom stereocenters. The molecular formula is C14H21BO3. The van der Waals surface area contributed by atoms with Crippen LogP contribution in [0.5, 0.6) is 0 Å². The van der Waals surface area contributed by atoms with Crippen molar-refractivity contribution in [3.63, 3.8) is 0 Å². The lowest BCUT2D eigenvalue weighted by atomic mass is 9.78. The lowest BCUT2D eigenvalue weighted by Crippen LogP contribution is -2.41. The van der Waals surface area contributed by atoms with Crippen molar-refractivity contribution in [3.05, 3.63) is 29.8 Å². The minimum atomic E-state index is -0.325. The second-order valence-corrected chi connectivity index (χ2v) is 5.81. The van der Waals surface area contributed by atoms with Crippen LogP contribution in [0.2, 0.25) is 0 Å². The molecule has 0 radical (unpaired) electrons. The fourth-order valence-corrected chi connectivity index (χ4v) is 2.00. The van der Waals surface area contributed by atoms with Crippen LogP contribution < -0.4 is 5.46 Å². The molecule has 1 aliphatic rings. The third kappa shape index (κ3) is 2.46. The quantitative estimate of drug-likeness (QED) is 0.824. The van der Waals surface area contributed by atoms with E-state index in [-0.39, 0.29) is 24.9 Å². The third-order valence-electron chi connectivity index (χ3n) is 3.88. The molecule has 1 N–H and O–H groups in total. The molecule has 0 aromatic heterocycles. The van der Waals surface area contributed by atoms with Gasteiger partial charge in [0.05, 0.1) is 11.2 Å². The van der Waals surface area contributed by atoms with Crippen LogP contribution in [0.15, 0.2) is 24.3 Å². The monoisotopic (exact) mass is 248 g/mol. The Labute approximate surface area is 109 Å². The number of hydrogen-bond acceptors (Lipinski definition) is 3. The van der Waals surface area contributed by atoms with Gasteiger partial charge in [-0.2, -0.15) is 0 Å². The van der Waals surface area contributed by atoms with Crippen molar-refractivity contribution in [1.29, 1.82) is 0 Å². The van der Waals surface area contributed by atoms with Crippen LogP contribution in [-0.2, 0) is 15.7 Å². The van der Waals surface area contributed by atoms with Crippen molar-refractivity contribution in [2.24, 2.45) is 0 Å². The Kier molecular flexibility index (Phi) is 3.54. The van der Waals surface area contributed by atoms with Crippen LogP contribution in [0.4, 0.5) is 0 Å². The van der Waals surface area contributed by atoms with Crippen LogP contribution in [-0.4, -0.2) is 30.0 Å². The molecule has 0 aliphatic carbocycles. The molecule has 0 amide bonds. The van der Waals surface area contributed by atoms with E-state index in [0.29, 0.717) is 6.42 Å². The first-order valence-electron chi connectivity index (χ1n) is 6.41. The summed E-state index contributed by atoms with van der Waals surface area (Å²) in [7, 11) is -0.325. The molecule has 0 spiro atoms. The molecule has 1 fully saturated rings. The summed E-state index contributed by atoms with van der Waals surface area (Å²) in [5.74, 6) is 0. The van der Waals surface area contributed by atoms with Gasteiger partial charge in [0.15, 0.2) is 0 Å². The van der Waals surface area contributed by atoms with E-state index in [1.165, 1.54) is 0 Å². The molecule has 1 heterocycles. The van der Waals surface area contributed by atoms with E-state index in [1.54, 1.807) is 0 Å². The third-order valence-corrected chi connectivity index (χ3v) is 3.88. The summed E-state index contributed by atoms with van der Waals surface area (Å²) in [6, 6.07) is 8.03. The Morgan fingerprint density at radius 3 is 2.28 bits per heavy atom. The summed E-state index contributed by atoms with van der Waals surface area (Å²) in [5, 5.41) is 8.98. The van der Waals surface area contributed by atoms with Gasteiger partial charge < -0.3 is 14.4 Å². The molecule has 0 saturated carbocycles. The first kappa shape index (κ1) is 13.6. The predicted octanol–water partition coefficient (Wildman–Crippen LogP) is 1.52. The Hall–Kier alpha value is -0.835. The average molecular weight is 248 g/mol. The summed E-state index contributed by atoms with van der Waals surface area (Å²) in [4.78, 5) is 0. The van der Waals surface area contributed by atoms with Gasteiger partial charge in [0.2, 0.25) is 0 Å². The number of rotatable bonds is 3.